The summed E-state index contributed by atoms with van der Waals surface area (Å²) in [4.78, 5) is 5.70. The maximum atomic E-state index is 13.3. The van der Waals surface area contributed by atoms with Crippen LogP contribution in [-0.2, 0) is 10.0 Å². The Kier molecular flexibility index (Phi) is 7.33. The van der Waals surface area contributed by atoms with Crippen LogP contribution in [0.3, 0.4) is 0 Å². The Balaban J connectivity index is 1.64. The second kappa shape index (κ2) is 10.2. The van der Waals surface area contributed by atoms with Crippen molar-refractivity contribution in [3.8, 4) is 21.9 Å². The average Bonchev–Trinajstić information content (AvgIpc) is 2.98. The molecule has 0 spiro atoms. The number of ether oxygens (including phenoxy) is 1. The van der Waals surface area contributed by atoms with E-state index in [0.717, 1.165) is 34.1 Å². The number of hydrogen-bond donors (Lipinski definition) is 3. The van der Waals surface area contributed by atoms with Gasteiger partial charge in [0.25, 0.3) is 10.0 Å². The number of nitrogens with one attached hydrogen (secondary N) is 2. The maximum Gasteiger partial charge on any atom is 0.265 e. The van der Waals surface area contributed by atoms with Crippen LogP contribution in [0.4, 0.5) is 10.8 Å². The molecular weight excluding hydrogens is 470 g/mol. The number of hydrogen-bond acceptors (Lipinski definition) is 7. The first-order valence-corrected chi connectivity index (χ1v) is 13.8. The summed E-state index contributed by atoms with van der Waals surface area (Å²) in [7, 11) is -2.49. The highest BCUT2D eigenvalue weighted by Crippen LogP contribution is 2.38. The molecular formula is C25H31N3O4S2. The van der Waals surface area contributed by atoms with Crippen LogP contribution in [-0.4, -0.2) is 31.7 Å². The lowest BCUT2D eigenvalue weighted by Gasteiger charge is -2.15. The molecule has 9 heteroatoms. The third kappa shape index (κ3) is 5.47. The Hall–Kier alpha value is -2.78. The van der Waals surface area contributed by atoms with E-state index in [2.05, 4.69) is 10.0 Å². The molecule has 1 aliphatic rings. The van der Waals surface area contributed by atoms with Crippen molar-refractivity contribution in [3.05, 3.63) is 47.7 Å². The number of nitrogens with zero attached hydrogens (tertiary/aromatic N) is 1. The molecule has 0 saturated heterocycles. The van der Waals surface area contributed by atoms with Crippen LogP contribution in [0.2, 0.25) is 0 Å². The molecule has 3 N–H and O–H groups in total. The first kappa shape index (κ1) is 24.3. The van der Waals surface area contributed by atoms with Crippen LogP contribution >= 0.6 is 11.3 Å². The van der Waals surface area contributed by atoms with E-state index in [9.17, 15) is 13.5 Å². The first-order chi connectivity index (χ1) is 16.3. The molecule has 34 heavy (non-hydrogen) atoms. The minimum absolute atomic E-state index is 0.0473. The van der Waals surface area contributed by atoms with Crippen molar-refractivity contribution in [2.24, 2.45) is 0 Å². The lowest BCUT2D eigenvalue weighted by atomic mass is 10.1. The maximum absolute atomic E-state index is 13.3. The number of aryl methyl sites for hydroxylation is 2. The van der Waals surface area contributed by atoms with Crippen molar-refractivity contribution >= 4 is 32.2 Å². The van der Waals surface area contributed by atoms with Gasteiger partial charge in [-0.2, -0.15) is 0 Å². The van der Waals surface area contributed by atoms with Gasteiger partial charge in [-0.15, -0.1) is 0 Å². The largest absolute Gasteiger partial charge is 0.508 e. The molecule has 0 amide bonds. The normalized spacial score (nSPS) is 15.0. The quantitative estimate of drug-likeness (QED) is 0.268. The number of aromatic nitrogens is 1. The van der Waals surface area contributed by atoms with Gasteiger partial charge in [0.2, 0.25) is 0 Å². The van der Waals surface area contributed by atoms with Gasteiger partial charge in [0.1, 0.15) is 16.4 Å². The van der Waals surface area contributed by atoms with Crippen LogP contribution in [0.25, 0.3) is 10.4 Å². The van der Waals surface area contributed by atoms with Gasteiger partial charge in [-0.25, -0.2) is 13.4 Å². The van der Waals surface area contributed by atoms with Gasteiger partial charge in [-0.1, -0.05) is 37.0 Å². The van der Waals surface area contributed by atoms with Gasteiger partial charge in [0, 0.05) is 6.04 Å². The first-order valence-electron chi connectivity index (χ1n) is 11.5. The third-order valence-corrected chi connectivity index (χ3v) is 8.67. The van der Waals surface area contributed by atoms with Gasteiger partial charge in [0.05, 0.1) is 23.4 Å². The van der Waals surface area contributed by atoms with E-state index in [-0.39, 0.29) is 16.4 Å². The van der Waals surface area contributed by atoms with E-state index in [1.54, 1.807) is 30.4 Å². The van der Waals surface area contributed by atoms with Crippen molar-refractivity contribution in [1.82, 2.24) is 4.98 Å². The monoisotopic (exact) mass is 501 g/mol. The van der Waals surface area contributed by atoms with E-state index in [1.807, 2.05) is 13.0 Å². The zero-order valence-electron chi connectivity index (χ0n) is 19.7. The zero-order chi connectivity index (χ0) is 24.3. The molecule has 1 heterocycles. The summed E-state index contributed by atoms with van der Waals surface area (Å²) in [5, 5.41) is 14.1. The van der Waals surface area contributed by atoms with E-state index >= 15 is 0 Å². The summed E-state index contributed by atoms with van der Waals surface area (Å²) >= 11 is 1.55. The Morgan fingerprint density at radius 2 is 1.79 bits per heavy atom. The summed E-state index contributed by atoms with van der Waals surface area (Å²) in [5.41, 5.74) is 2.64. The predicted octanol–water partition coefficient (Wildman–Crippen LogP) is 6.08. The SMILES string of the molecule is COc1ccc(-c2sc(NC3CCCCCC3)nc2C)cc1S(=O)(=O)Nc1ccc(O)cc1C. The van der Waals surface area contributed by atoms with Crippen molar-refractivity contribution < 1.29 is 18.3 Å². The molecule has 0 radical (unpaired) electrons. The number of phenols is 1. The van der Waals surface area contributed by atoms with Gasteiger partial charge in [-0.05, 0) is 74.2 Å². The Bertz CT molecular complexity index is 1260. The topological polar surface area (TPSA) is 101 Å². The van der Waals surface area contributed by atoms with Crippen LogP contribution in [0, 0.1) is 13.8 Å². The molecule has 182 valence electrons. The predicted molar refractivity (Wildman–Crippen MR) is 138 cm³/mol. The summed E-state index contributed by atoms with van der Waals surface area (Å²) in [6, 6.07) is 10.1. The summed E-state index contributed by atoms with van der Waals surface area (Å²) in [5.74, 6) is 0.334. The highest BCUT2D eigenvalue weighted by Gasteiger charge is 2.23. The fraction of sp³-hybridized carbons (Fsp3) is 0.400. The number of phenolic OH excluding ortho intramolecular Hbond substituents is 1. The van der Waals surface area contributed by atoms with Crippen LogP contribution < -0.4 is 14.8 Å². The van der Waals surface area contributed by atoms with Gasteiger partial charge < -0.3 is 15.2 Å². The number of anilines is 2. The van der Waals surface area contributed by atoms with Crippen molar-refractivity contribution in [1.29, 1.82) is 0 Å². The van der Waals surface area contributed by atoms with Crippen molar-refractivity contribution in [2.75, 3.05) is 17.1 Å². The molecule has 1 aromatic heterocycles. The van der Waals surface area contributed by atoms with Crippen LogP contribution in [0.1, 0.15) is 49.8 Å². The fourth-order valence-electron chi connectivity index (χ4n) is 4.31. The molecule has 0 bridgehead atoms. The highest BCUT2D eigenvalue weighted by molar-refractivity contribution is 7.92. The van der Waals surface area contributed by atoms with E-state index in [4.69, 9.17) is 9.72 Å². The van der Waals surface area contributed by atoms with Gasteiger partial charge >= 0.3 is 0 Å². The smallest absolute Gasteiger partial charge is 0.265 e. The summed E-state index contributed by atoms with van der Waals surface area (Å²) in [6.07, 6.45) is 7.37. The standard InChI is InChI=1S/C25H31N3O4S2/c1-16-14-20(29)11-12-21(16)28-34(30,31)23-15-18(10-13-22(23)32-3)24-17(2)26-25(33-24)27-19-8-6-4-5-7-9-19/h10-15,19,28-29H,4-9H2,1-3H3,(H,26,27). The highest BCUT2D eigenvalue weighted by atomic mass is 32.2. The molecule has 7 nitrogen and oxygen atoms in total. The van der Waals surface area contributed by atoms with Crippen LogP contribution in [0.15, 0.2) is 41.3 Å². The molecule has 1 fully saturated rings. The number of thiazole rings is 1. The second-order valence-corrected chi connectivity index (χ2v) is 11.4. The lowest BCUT2D eigenvalue weighted by molar-refractivity contribution is 0.403. The molecule has 0 aliphatic heterocycles. The fourth-order valence-corrected chi connectivity index (χ4v) is 6.68. The van der Waals surface area contributed by atoms with Gasteiger partial charge in [0.15, 0.2) is 5.13 Å². The molecule has 0 atom stereocenters. The second-order valence-electron chi connectivity index (χ2n) is 8.74. The minimum Gasteiger partial charge on any atom is -0.508 e. The molecule has 1 saturated carbocycles. The zero-order valence-corrected chi connectivity index (χ0v) is 21.4. The molecule has 1 aliphatic carbocycles. The average molecular weight is 502 g/mol. The Morgan fingerprint density at radius 3 is 2.47 bits per heavy atom. The van der Waals surface area contributed by atoms with E-state index < -0.39 is 10.0 Å². The number of benzene rings is 2. The molecule has 2 aromatic carbocycles. The molecule has 4 rings (SSSR count). The van der Waals surface area contributed by atoms with Gasteiger partial charge in [-0.3, -0.25) is 4.72 Å². The molecule has 3 aromatic rings. The Labute approximate surface area is 205 Å². The molecule has 0 unspecified atom stereocenters. The number of methoxy groups -OCH3 is 1. The number of sulfonamides is 1. The van der Waals surface area contributed by atoms with Crippen molar-refractivity contribution in [2.45, 2.75) is 63.3 Å². The Morgan fingerprint density at radius 1 is 1.06 bits per heavy atom. The number of rotatable bonds is 7. The van der Waals surface area contributed by atoms with Crippen LogP contribution in [0.5, 0.6) is 11.5 Å². The third-order valence-electron chi connectivity index (χ3n) is 6.15. The van der Waals surface area contributed by atoms with E-state index in [0.29, 0.717) is 17.3 Å². The summed E-state index contributed by atoms with van der Waals surface area (Å²) in [6.45, 7) is 3.68. The minimum atomic E-state index is -3.94. The van der Waals surface area contributed by atoms with Crippen molar-refractivity contribution in [3.63, 3.8) is 0 Å². The summed E-state index contributed by atoms with van der Waals surface area (Å²) < 4.78 is 34.6. The lowest BCUT2D eigenvalue weighted by Crippen LogP contribution is -2.17. The van der Waals surface area contributed by atoms with E-state index in [1.165, 1.54) is 51.0 Å². The number of aromatic hydroxyl groups is 1.